The lowest BCUT2D eigenvalue weighted by Gasteiger charge is -2.26. The summed E-state index contributed by atoms with van der Waals surface area (Å²) >= 11 is 0. The molecule has 16 heavy (non-hydrogen) atoms. The molecule has 2 atom stereocenters. The summed E-state index contributed by atoms with van der Waals surface area (Å²) in [6.45, 7) is 4.58. The molecule has 2 N–H and O–H groups in total. The van der Waals surface area contributed by atoms with Crippen molar-refractivity contribution in [2.75, 3.05) is 6.54 Å². The Balaban J connectivity index is 2.64. The Morgan fingerprint density at radius 2 is 1.94 bits per heavy atom. The second-order valence-electron chi connectivity index (χ2n) is 5.28. The van der Waals surface area contributed by atoms with Gasteiger partial charge in [0.2, 0.25) is 0 Å². The molecule has 2 heteroatoms. The zero-order valence-electron chi connectivity index (χ0n) is 10.7. The Labute approximate surface area is 99.3 Å². The number of nitrogens with two attached hydrogens (primary N) is 1. The van der Waals surface area contributed by atoms with Crippen LogP contribution in [-0.4, -0.2) is 12.7 Å². The quantitative estimate of drug-likeness (QED) is 0.726. The number of halogens is 1. The van der Waals surface area contributed by atoms with Gasteiger partial charge in [0, 0.05) is 5.92 Å². The van der Waals surface area contributed by atoms with E-state index in [1.165, 1.54) is 19.3 Å². The van der Waals surface area contributed by atoms with Gasteiger partial charge in [-0.25, -0.2) is 4.39 Å². The van der Waals surface area contributed by atoms with Gasteiger partial charge >= 0.3 is 0 Å². The SMILES string of the molecule is CC(C)C(CN)C(F)C1=CCCCCCC1. The average molecular weight is 227 g/mol. The van der Waals surface area contributed by atoms with Gasteiger partial charge in [0.05, 0.1) is 0 Å². The molecule has 0 spiro atoms. The smallest absolute Gasteiger partial charge is 0.125 e. The first-order valence-electron chi connectivity index (χ1n) is 6.70. The largest absolute Gasteiger partial charge is 0.330 e. The summed E-state index contributed by atoms with van der Waals surface area (Å²) in [6, 6.07) is 0. The van der Waals surface area contributed by atoms with Gasteiger partial charge in [0.15, 0.2) is 0 Å². The number of allylic oxidation sites excluding steroid dienone is 2. The lowest BCUT2D eigenvalue weighted by atomic mass is 9.84. The van der Waals surface area contributed by atoms with Crippen molar-refractivity contribution in [1.29, 1.82) is 0 Å². The molecule has 0 aromatic carbocycles. The van der Waals surface area contributed by atoms with E-state index in [4.69, 9.17) is 5.73 Å². The number of rotatable bonds is 4. The third-order valence-corrected chi connectivity index (χ3v) is 3.68. The van der Waals surface area contributed by atoms with Crippen molar-refractivity contribution in [3.8, 4) is 0 Å². The molecular weight excluding hydrogens is 201 g/mol. The number of hydrogen-bond acceptors (Lipinski definition) is 1. The predicted octanol–water partition coefficient (Wildman–Crippen LogP) is 3.84. The number of hydrogen-bond donors (Lipinski definition) is 1. The van der Waals surface area contributed by atoms with Crippen molar-refractivity contribution in [2.24, 2.45) is 17.6 Å². The summed E-state index contributed by atoms with van der Waals surface area (Å²) in [5.41, 5.74) is 6.70. The molecular formula is C14H26FN. The van der Waals surface area contributed by atoms with E-state index in [0.29, 0.717) is 12.5 Å². The molecule has 0 aliphatic heterocycles. The zero-order valence-corrected chi connectivity index (χ0v) is 10.7. The van der Waals surface area contributed by atoms with Crippen molar-refractivity contribution < 1.29 is 4.39 Å². The second-order valence-corrected chi connectivity index (χ2v) is 5.28. The van der Waals surface area contributed by atoms with Crippen LogP contribution in [0.1, 0.15) is 52.4 Å². The van der Waals surface area contributed by atoms with Crippen LogP contribution < -0.4 is 5.73 Å². The Morgan fingerprint density at radius 3 is 2.56 bits per heavy atom. The Bertz CT molecular complexity index is 223. The van der Waals surface area contributed by atoms with Crippen LogP contribution in [0.25, 0.3) is 0 Å². The van der Waals surface area contributed by atoms with Gasteiger partial charge < -0.3 is 5.73 Å². The molecule has 2 unspecified atom stereocenters. The molecule has 94 valence electrons. The molecule has 0 aromatic heterocycles. The summed E-state index contributed by atoms with van der Waals surface area (Å²) in [5.74, 6) is 0.317. The molecule has 0 amide bonds. The van der Waals surface area contributed by atoms with Gasteiger partial charge in [0.25, 0.3) is 0 Å². The average Bonchev–Trinajstić information content (AvgIpc) is 2.16. The van der Waals surface area contributed by atoms with Crippen molar-refractivity contribution in [2.45, 2.75) is 58.5 Å². The first kappa shape index (κ1) is 13.7. The van der Waals surface area contributed by atoms with Crippen LogP contribution in [0.2, 0.25) is 0 Å². The topological polar surface area (TPSA) is 26.0 Å². The van der Waals surface area contributed by atoms with Crippen LogP contribution in [0.15, 0.2) is 11.6 Å². The van der Waals surface area contributed by atoms with Crippen LogP contribution in [0.4, 0.5) is 4.39 Å². The van der Waals surface area contributed by atoms with Crippen LogP contribution in [0, 0.1) is 11.8 Å². The second kappa shape index (κ2) is 7.05. The highest BCUT2D eigenvalue weighted by molar-refractivity contribution is 5.11. The van der Waals surface area contributed by atoms with E-state index in [9.17, 15) is 4.39 Å². The minimum absolute atomic E-state index is 0.00863. The van der Waals surface area contributed by atoms with Gasteiger partial charge in [-0.1, -0.05) is 32.8 Å². The lowest BCUT2D eigenvalue weighted by molar-refractivity contribution is 0.213. The van der Waals surface area contributed by atoms with Crippen LogP contribution >= 0.6 is 0 Å². The first-order valence-corrected chi connectivity index (χ1v) is 6.70. The minimum Gasteiger partial charge on any atom is -0.330 e. The maximum Gasteiger partial charge on any atom is 0.125 e. The van der Waals surface area contributed by atoms with Crippen molar-refractivity contribution >= 4 is 0 Å². The highest BCUT2D eigenvalue weighted by Crippen LogP contribution is 2.28. The monoisotopic (exact) mass is 227 g/mol. The summed E-state index contributed by atoms with van der Waals surface area (Å²) < 4.78 is 14.4. The molecule has 1 rings (SSSR count). The van der Waals surface area contributed by atoms with Crippen LogP contribution in [0.5, 0.6) is 0 Å². The fourth-order valence-electron chi connectivity index (χ4n) is 2.47. The third-order valence-electron chi connectivity index (χ3n) is 3.68. The van der Waals surface area contributed by atoms with Crippen LogP contribution in [-0.2, 0) is 0 Å². The molecule has 0 heterocycles. The summed E-state index contributed by atoms with van der Waals surface area (Å²) in [6.07, 6.45) is 8.20. The summed E-state index contributed by atoms with van der Waals surface area (Å²) in [4.78, 5) is 0. The Morgan fingerprint density at radius 1 is 1.25 bits per heavy atom. The molecule has 1 nitrogen and oxygen atoms in total. The van der Waals surface area contributed by atoms with E-state index in [1.54, 1.807) is 0 Å². The molecule has 0 bridgehead atoms. The molecule has 0 saturated heterocycles. The zero-order chi connectivity index (χ0) is 12.0. The molecule has 0 fully saturated rings. The van der Waals surface area contributed by atoms with E-state index >= 15 is 0 Å². The van der Waals surface area contributed by atoms with Gasteiger partial charge in [0.1, 0.15) is 6.17 Å². The molecule has 1 aliphatic rings. The van der Waals surface area contributed by atoms with Gasteiger partial charge in [-0.15, -0.1) is 0 Å². The van der Waals surface area contributed by atoms with Crippen molar-refractivity contribution in [1.82, 2.24) is 0 Å². The van der Waals surface area contributed by atoms with Gasteiger partial charge in [-0.2, -0.15) is 0 Å². The molecule has 0 radical (unpaired) electrons. The minimum atomic E-state index is -0.817. The van der Waals surface area contributed by atoms with Gasteiger partial charge in [-0.3, -0.25) is 0 Å². The standard InChI is InChI=1S/C14H26FN/c1-11(2)13(10-16)14(15)12-8-6-4-3-5-7-9-12/h8,11,13-14H,3-7,9-10,16H2,1-2H3. The Hall–Kier alpha value is -0.370. The Kier molecular flexibility index (Phi) is 6.04. The fourth-order valence-corrected chi connectivity index (χ4v) is 2.47. The number of alkyl halides is 1. The molecule has 1 aliphatic carbocycles. The maximum atomic E-state index is 14.4. The fraction of sp³-hybridized carbons (Fsp3) is 0.857. The normalized spacial score (nSPS) is 22.2. The van der Waals surface area contributed by atoms with Crippen LogP contribution in [0.3, 0.4) is 0 Å². The van der Waals surface area contributed by atoms with E-state index in [2.05, 4.69) is 19.9 Å². The van der Waals surface area contributed by atoms with E-state index in [-0.39, 0.29) is 5.92 Å². The molecule has 0 aromatic rings. The first-order chi connectivity index (χ1) is 7.66. The highest BCUT2D eigenvalue weighted by Gasteiger charge is 2.26. The van der Waals surface area contributed by atoms with Gasteiger partial charge in [-0.05, 0) is 43.7 Å². The van der Waals surface area contributed by atoms with Crippen molar-refractivity contribution in [3.63, 3.8) is 0 Å². The van der Waals surface area contributed by atoms with E-state index < -0.39 is 6.17 Å². The lowest BCUT2D eigenvalue weighted by Crippen LogP contribution is -2.30. The maximum absolute atomic E-state index is 14.4. The predicted molar refractivity (Wildman–Crippen MR) is 68.1 cm³/mol. The van der Waals surface area contributed by atoms with E-state index in [1.807, 2.05) is 0 Å². The van der Waals surface area contributed by atoms with E-state index in [0.717, 1.165) is 24.8 Å². The summed E-state index contributed by atoms with van der Waals surface area (Å²) in [7, 11) is 0. The third kappa shape index (κ3) is 3.89. The summed E-state index contributed by atoms with van der Waals surface area (Å²) in [5, 5.41) is 0. The van der Waals surface area contributed by atoms with Crippen molar-refractivity contribution in [3.05, 3.63) is 11.6 Å². The highest BCUT2D eigenvalue weighted by atomic mass is 19.1. The molecule has 0 saturated carbocycles.